The summed E-state index contributed by atoms with van der Waals surface area (Å²) in [7, 11) is 0. The largest absolute Gasteiger partial charge is 0.389 e. The van der Waals surface area contributed by atoms with Gasteiger partial charge in [-0.1, -0.05) is 26.1 Å². The van der Waals surface area contributed by atoms with Crippen LogP contribution in [-0.4, -0.2) is 36.1 Å². The number of anilines is 1. The molecule has 0 fully saturated rings. The van der Waals surface area contributed by atoms with Gasteiger partial charge in [0.25, 0.3) is 0 Å². The van der Waals surface area contributed by atoms with Gasteiger partial charge >= 0.3 is 0 Å². The monoisotopic (exact) mass is 283 g/mol. The lowest BCUT2D eigenvalue weighted by Crippen LogP contribution is -2.29. The van der Waals surface area contributed by atoms with Crippen molar-refractivity contribution in [3.05, 3.63) is 29.6 Å². The van der Waals surface area contributed by atoms with Gasteiger partial charge in [0.1, 0.15) is 10.8 Å². The van der Waals surface area contributed by atoms with E-state index in [-0.39, 0.29) is 10.8 Å². The first-order valence-corrected chi connectivity index (χ1v) is 7.04. The Kier molecular flexibility index (Phi) is 6.73. The molecule has 106 valence electrons. The van der Waals surface area contributed by atoms with Crippen LogP contribution >= 0.6 is 12.2 Å². The standard InChI is InChI=1S/C14H22FN3S/c1-3-8-18(4-2)9-7-17-11-5-6-12(14(16)19)13(15)10-11/h5-6,10,17H,3-4,7-9H2,1-2H3,(H2,16,19). The van der Waals surface area contributed by atoms with Crippen LogP contribution in [0.15, 0.2) is 18.2 Å². The van der Waals surface area contributed by atoms with Crippen molar-refractivity contribution in [3.8, 4) is 0 Å². The normalized spacial score (nSPS) is 10.7. The molecule has 3 nitrogen and oxygen atoms in total. The molecule has 0 bridgehead atoms. The predicted octanol–water partition coefficient (Wildman–Crippen LogP) is 2.60. The molecule has 0 aliphatic carbocycles. The molecule has 0 aliphatic heterocycles. The van der Waals surface area contributed by atoms with Crippen molar-refractivity contribution in [2.24, 2.45) is 5.73 Å². The summed E-state index contributed by atoms with van der Waals surface area (Å²) in [5, 5.41) is 3.21. The smallest absolute Gasteiger partial charge is 0.135 e. The Labute approximate surface area is 120 Å². The average Bonchev–Trinajstić information content (AvgIpc) is 2.37. The van der Waals surface area contributed by atoms with Gasteiger partial charge in [-0.3, -0.25) is 0 Å². The number of hydrogen-bond acceptors (Lipinski definition) is 3. The summed E-state index contributed by atoms with van der Waals surface area (Å²) >= 11 is 4.77. The molecule has 1 aromatic rings. The molecule has 0 spiro atoms. The van der Waals surface area contributed by atoms with Crippen molar-refractivity contribution in [1.82, 2.24) is 4.90 Å². The zero-order valence-electron chi connectivity index (χ0n) is 11.6. The van der Waals surface area contributed by atoms with Crippen LogP contribution < -0.4 is 11.1 Å². The van der Waals surface area contributed by atoms with E-state index >= 15 is 0 Å². The third-order valence-electron chi connectivity index (χ3n) is 2.98. The van der Waals surface area contributed by atoms with Crippen LogP contribution in [0.25, 0.3) is 0 Å². The van der Waals surface area contributed by atoms with Crippen molar-refractivity contribution in [1.29, 1.82) is 0 Å². The zero-order chi connectivity index (χ0) is 14.3. The molecule has 0 amide bonds. The highest BCUT2D eigenvalue weighted by Crippen LogP contribution is 2.14. The molecule has 1 aromatic carbocycles. The summed E-state index contributed by atoms with van der Waals surface area (Å²) in [5.74, 6) is -0.376. The average molecular weight is 283 g/mol. The summed E-state index contributed by atoms with van der Waals surface area (Å²) in [4.78, 5) is 2.44. The Morgan fingerprint density at radius 1 is 1.37 bits per heavy atom. The van der Waals surface area contributed by atoms with Gasteiger partial charge in [0.05, 0.1) is 0 Å². The van der Waals surface area contributed by atoms with Gasteiger partial charge in [-0.2, -0.15) is 0 Å². The molecular formula is C14H22FN3S. The Bertz CT molecular complexity index is 423. The quantitative estimate of drug-likeness (QED) is 0.720. The van der Waals surface area contributed by atoms with Gasteiger partial charge in [-0.25, -0.2) is 4.39 Å². The predicted molar refractivity (Wildman–Crippen MR) is 83.2 cm³/mol. The van der Waals surface area contributed by atoms with Crippen molar-refractivity contribution in [2.45, 2.75) is 20.3 Å². The molecule has 0 heterocycles. The van der Waals surface area contributed by atoms with Crippen molar-refractivity contribution in [2.75, 3.05) is 31.5 Å². The van der Waals surface area contributed by atoms with Crippen molar-refractivity contribution < 1.29 is 4.39 Å². The number of nitrogens with two attached hydrogens (primary N) is 1. The molecule has 0 radical (unpaired) electrons. The first-order valence-electron chi connectivity index (χ1n) is 6.64. The molecule has 0 atom stereocenters. The van der Waals surface area contributed by atoms with Crippen LogP contribution in [0, 0.1) is 5.82 Å². The third-order valence-corrected chi connectivity index (χ3v) is 3.20. The SMILES string of the molecule is CCCN(CC)CCNc1ccc(C(N)=S)c(F)c1. The summed E-state index contributed by atoms with van der Waals surface area (Å²) in [6.07, 6.45) is 1.14. The molecule has 0 aromatic heterocycles. The number of rotatable bonds is 8. The van der Waals surface area contributed by atoms with Gasteiger partial charge < -0.3 is 16.0 Å². The van der Waals surface area contributed by atoms with E-state index in [1.807, 2.05) is 0 Å². The molecule has 0 unspecified atom stereocenters. The van der Waals surface area contributed by atoms with Gasteiger partial charge in [-0.05, 0) is 37.7 Å². The van der Waals surface area contributed by atoms with E-state index in [0.29, 0.717) is 5.56 Å². The highest BCUT2D eigenvalue weighted by Gasteiger charge is 2.06. The highest BCUT2D eigenvalue weighted by molar-refractivity contribution is 7.80. The van der Waals surface area contributed by atoms with Crippen molar-refractivity contribution >= 4 is 22.9 Å². The lowest BCUT2D eigenvalue weighted by Gasteiger charge is -2.20. The molecule has 0 saturated carbocycles. The van der Waals surface area contributed by atoms with E-state index in [9.17, 15) is 4.39 Å². The fourth-order valence-electron chi connectivity index (χ4n) is 1.93. The number of halogens is 1. The second-order valence-corrected chi connectivity index (χ2v) is 4.86. The van der Waals surface area contributed by atoms with Gasteiger partial charge in [0.2, 0.25) is 0 Å². The van der Waals surface area contributed by atoms with Crippen LogP contribution in [0.5, 0.6) is 0 Å². The number of likely N-dealkylation sites (N-methyl/N-ethyl adjacent to an activating group) is 1. The third kappa shape index (κ3) is 5.12. The molecule has 0 saturated heterocycles. The van der Waals surface area contributed by atoms with E-state index in [1.54, 1.807) is 12.1 Å². The summed E-state index contributed by atoms with van der Waals surface area (Å²) in [6, 6.07) is 4.85. The lowest BCUT2D eigenvalue weighted by molar-refractivity contribution is 0.300. The number of nitrogens with zero attached hydrogens (tertiary/aromatic N) is 1. The Balaban J connectivity index is 2.50. The fraction of sp³-hybridized carbons (Fsp3) is 0.500. The highest BCUT2D eigenvalue weighted by atomic mass is 32.1. The maximum absolute atomic E-state index is 13.7. The molecule has 0 aliphatic rings. The van der Waals surface area contributed by atoms with Gasteiger partial charge in [0.15, 0.2) is 0 Å². The number of thiocarbonyl (C=S) groups is 1. The summed E-state index contributed by atoms with van der Waals surface area (Å²) < 4.78 is 13.7. The minimum Gasteiger partial charge on any atom is -0.389 e. The second kappa shape index (κ2) is 8.07. The van der Waals surface area contributed by atoms with Gasteiger partial charge in [-0.15, -0.1) is 0 Å². The second-order valence-electron chi connectivity index (χ2n) is 4.42. The Morgan fingerprint density at radius 2 is 2.11 bits per heavy atom. The lowest BCUT2D eigenvalue weighted by atomic mass is 10.2. The van der Waals surface area contributed by atoms with Crippen LogP contribution in [0.2, 0.25) is 0 Å². The summed E-state index contributed by atoms with van der Waals surface area (Å²) in [6.45, 7) is 8.17. The molecule has 1 rings (SSSR count). The molecule has 3 N–H and O–H groups in total. The van der Waals surface area contributed by atoms with Gasteiger partial charge in [0, 0.05) is 24.3 Å². The zero-order valence-corrected chi connectivity index (χ0v) is 12.4. The topological polar surface area (TPSA) is 41.3 Å². The van der Waals surface area contributed by atoms with E-state index in [4.69, 9.17) is 18.0 Å². The first kappa shape index (κ1) is 15.9. The number of benzene rings is 1. The molecule has 5 heteroatoms. The van der Waals surface area contributed by atoms with Crippen LogP contribution in [0.3, 0.4) is 0 Å². The number of nitrogens with one attached hydrogen (secondary N) is 1. The summed E-state index contributed by atoms with van der Waals surface area (Å²) in [5.41, 5.74) is 6.47. The van der Waals surface area contributed by atoms with Crippen LogP contribution in [0.4, 0.5) is 10.1 Å². The maximum atomic E-state index is 13.7. The first-order chi connectivity index (χ1) is 9.08. The van der Waals surface area contributed by atoms with E-state index in [0.717, 1.165) is 38.3 Å². The van der Waals surface area contributed by atoms with E-state index < -0.39 is 0 Å². The minimum absolute atomic E-state index is 0.0872. The fourth-order valence-corrected chi connectivity index (χ4v) is 2.09. The Morgan fingerprint density at radius 3 is 2.63 bits per heavy atom. The van der Waals surface area contributed by atoms with Crippen LogP contribution in [-0.2, 0) is 0 Å². The molecule has 19 heavy (non-hydrogen) atoms. The Hall–Kier alpha value is -1.20. The maximum Gasteiger partial charge on any atom is 0.135 e. The number of hydrogen-bond donors (Lipinski definition) is 2. The molecular weight excluding hydrogens is 261 g/mol. The van der Waals surface area contributed by atoms with E-state index in [2.05, 4.69) is 24.1 Å². The van der Waals surface area contributed by atoms with Crippen molar-refractivity contribution in [3.63, 3.8) is 0 Å². The minimum atomic E-state index is -0.376. The van der Waals surface area contributed by atoms with Crippen LogP contribution in [0.1, 0.15) is 25.8 Å². The van der Waals surface area contributed by atoms with E-state index in [1.165, 1.54) is 6.07 Å².